The molecule has 6 aromatic carbocycles. The summed E-state index contributed by atoms with van der Waals surface area (Å²) in [6.07, 6.45) is 6.22. The van der Waals surface area contributed by atoms with Crippen LogP contribution < -0.4 is 16.7 Å². The molecule has 3 fully saturated rings. The van der Waals surface area contributed by atoms with E-state index in [0.29, 0.717) is 84.7 Å². The van der Waals surface area contributed by atoms with E-state index in [-0.39, 0.29) is 55.9 Å². The average molecular weight is 1190 g/mol. The molecule has 0 saturated carbocycles. The standard InChI is InChI=1S/C19H20N2O3S2.C18H18N2O5S2.C18H18N2O4S2/c1-14-9-10-15(21-19(22)16-7-3-4-8-17(16)25-21)13-18(14)26(23,24)20-11-5-2-6-12-20;21-16-7-6-13(27(23,24)19-8-3-10-25-11-9-19)12-15(16)20-18(22)14-4-1-2-5-17(14)26-20;21-16-9-8-13(26(23,24)19-10-4-1-5-11-19)12-15(16)20-18(22)14-6-2-3-7-17(14)25-20/h3-4,7-10,13H,2,5-6,11-12H2,1H3;1-2,4-7,12,21H,3,8-11H2;2-3,6-9,12,21H,1,4-5,10-11H2. The minimum absolute atomic E-state index is 0.0431. The van der Waals surface area contributed by atoms with Crippen molar-refractivity contribution in [2.45, 2.75) is 66.6 Å². The van der Waals surface area contributed by atoms with Crippen molar-refractivity contribution < 1.29 is 40.2 Å². The van der Waals surface area contributed by atoms with Crippen LogP contribution in [0.5, 0.6) is 11.5 Å². The number of fused-ring (bicyclic) bond motifs is 3. The summed E-state index contributed by atoms with van der Waals surface area (Å²) in [5.41, 5.74) is 0.973. The van der Waals surface area contributed by atoms with Crippen LogP contribution in [-0.2, 0) is 34.8 Å². The lowest BCUT2D eigenvalue weighted by Gasteiger charge is -2.26. The van der Waals surface area contributed by atoms with Gasteiger partial charge in [-0.1, -0.05) is 89.9 Å². The van der Waals surface area contributed by atoms with E-state index in [1.165, 1.54) is 87.5 Å². The number of aryl methyl sites for hydroxylation is 1. The van der Waals surface area contributed by atoms with Gasteiger partial charge in [0.15, 0.2) is 0 Å². The van der Waals surface area contributed by atoms with E-state index >= 15 is 0 Å². The fraction of sp³-hybridized carbons (Fsp3) is 0.291. The molecule has 0 aliphatic carbocycles. The van der Waals surface area contributed by atoms with Gasteiger partial charge in [0, 0.05) is 45.9 Å². The molecule has 24 heteroatoms. The third-order valence-corrected chi connectivity index (χ3v) is 23.1. The van der Waals surface area contributed by atoms with Crippen LogP contribution in [0, 0.1) is 6.92 Å². The Balaban J connectivity index is 0.000000134. The van der Waals surface area contributed by atoms with Crippen molar-refractivity contribution in [2.75, 3.05) is 52.5 Å². The summed E-state index contributed by atoms with van der Waals surface area (Å²) in [4.78, 5) is 38.4. The van der Waals surface area contributed by atoms with E-state index < -0.39 is 30.1 Å². The monoisotopic (exact) mass is 1180 g/mol. The second-order valence-corrected chi connectivity index (χ2v) is 27.9. The molecule has 0 bridgehead atoms. The molecule has 0 atom stereocenters. The van der Waals surface area contributed by atoms with Gasteiger partial charge in [-0.05, 0) is 130 Å². The average Bonchev–Trinajstić information content (AvgIpc) is 4.21. The Kier molecular flexibility index (Phi) is 16.6. The molecule has 3 aliphatic heterocycles. The van der Waals surface area contributed by atoms with Crippen molar-refractivity contribution in [3.63, 3.8) is 0 Å². The lowest BCUT2D eigenvalue weighted by molar-refractivity contribution is 0.148. The van der Waals surface area contributed by atoms with Crippen molar-refractivity contribution in [1.82, 2.24) is 24.8 Å². The molecular formula is C55H56N6O12S6. The quantitative estimate of drug-likeness (QED) is 0.138. The number of aromatic nitrogens is 3. The number of hydrogen-bond donors (Lipinski definition) is 2. The van der Waals surface area contributed by atoms with E-state index in [0.717, 1.165) is 52.6 Å². The summed E-state index contributed by atoms with van der Waals surface area (Å²) in [7, 11) is -10.9. The Labute approximate surface area is 468 Å². The zero-order valence-electron chi connectivity index (χ0n) is 42.8. The lowest BCUT2D eigenvalue weighted by atomic mass is 10.2. The third-order valence-electron chi connectivity index (χ3n) is 13.9. The number of phenolic OH excluding ortho intramolecular Hbond substituents is 2. The van der Waals surface area contributed by atoms with E-state index in [1.54, 1.807) is 63.7 Å². The highest BCUT2D eigenvalue weighted by molar-refractivity contribution is 7.89. The SMILES string of the molecule is Cc1ccc(-n2sc3ccccc3c2=O)cc1S(=O)(=O)N1CCCCC1.O=c1c2ccccc2sn1-c1cc(S(=O)(=O)N2CCCCC2)ccc1O.O=c1c2ccccc2sn1-c1cc(S(=O)(=O)N2CCCOCC2)ccc1O. The van der Waals surface area contributed by atoms with Gasteiger partial charge in [0.2, 0.25) is 30.1 Å². The Morgan fingerprint density at radius 2 is 0.835 bits per heavy atom. The summed E-state index contributed by atoms with van der Waals surface area (Å²) >= 11 is 3.68. The molecule has 12 rings (SSSR count). The number of sulfonamides is 3. The number of hydrogen-bond acceptors (Lipinski definition) is 15. The largest absolute Gasteiger partial charge is 0.506 e. The van der Waals surface area contributed by atoms with Crippen LogP contribution in [0.3, 0.4) is 0 Å². The third kappa shape index (κ3) is 11.4. The summed E-state index contributed by atoms with van der Waals surface area (Å²) in [6, 6.07) is 35.0. The van der Waals surface area contributed by atoms with Crippen molar-refractivity contribution in [1.29, 1.82) is 0 Å². The van der Waals surface area contributed by atoms with Crippen molar-refractivity contribution in [2.24, 2.45) is 0 Å². The van der Waals surface area contributed by atoms with Gasteiger partial charge in [-0.2, -0.15) is 12.9 Å². The molecule has 18 nitrogen and oxygen atoms in total. The smallest absolute Gasteiger partial charge is 0.273 e. The van der Waals surface area contributed by atoms with Crippen LogP contribution in [0.15, 0.2) is 156 Å². The highest BCUT2D eigenvalue weighted by atomic mass is 32.2. The van der Waals surface area contributed by atoms with Crippen LogP contribution in [0.4, 0.5) is 0 Å². The predicted molar refractivity (Wildman–Crippen MR) is 310 cm³/mol. The van der Waals surface area contributed by atoms with E-state index in [4.69, 9.17) is 4.74 Å². The Hall–Kier alpha value is -6.32. The van der Waals surface area contributed by atoms with Gasteiger partial charge < -0.3 is 14.9 Å². The Morgan fingerprint density at radius 3 is 1.30 bits per heavy atom. The number of ether oxygens (including phenoxy) is 1. The van der Waals surface area contributed by atoms with Gasteiger partial charge in [-0.15, -0.1) is 0 Å². The fourth-order valence-electron chi connectivity index (χ4n) is 9.66. The zero-order valence-corrected chi connectivity index (χ0v) is 47.7. The Morgan fingerprint density at radius 1 is 0.430 bits per heavy atom. The van der Waals surface area contributed by atoms with Crippen molar-refractivity contribution in [3.05, 3.63) is 164 Å². The van der Waals surface area contributed by atoms with Gasteiger partial charge in [-0.25, -0.2) is 37.1 Å². The molecule has 0 amide bonds. The summed E-state index contributed by atoms with van der Waals surface area (Å²) in [5, 5.41) is 22.3. The van der Waals surface area contributed by atoms with Gasteiger partial charge in [0.25, 0.3) is 16.7 Å². The highest BCUT2D eigenvalue weighted by Crippen LogP contribution is 2.33. The molecule has 3 aromatic heterocycles. The Bertz CT molecular complexity index is 4260. The van der Waals surface area contributed by atoms with Crippen LogP contribution in [0.1, 0.15) is 50.5 Å². The minimum atomic E-state index is -3.74. The number of phenols is 2. The molecule has 0 spiro atoms. The summed E-state index contributed by atoms with van der Waals surface area (Å²) < 4.78 is 94.4. The van der Waals surface area contributed by atoms with E-state index in [9.17, 15) is 49.9 Å². The van der Waals surface area contributed by atoms with Crippen LogP contribution in [0.25, 0.3) is 47.3 Å². The fourth-order valence-corrected chi connectivity index (χ4v) is 17.5. The molecule has 414 valence electrons. The second-order valence-electron chi connectivity index (χ2n) is 19.1. The predicted octanol–water partition coefficient (Wildman–Crippen LogP) is 8.64. The molecule has 0 unspecified atom stereocenters. The van der Waals surface area contributed by atoms with Crippen LogP contribution in [0.2, 0.25) is 0 Å². The number of aromatic hydroxyl groups is 2. The zero-order chi connectivity index (χ0) is 55.6. The molecule has 3 aliphatic rings. The first-order chi connectivity index (χ1) is 37.9. The topological polar surface area (TPSA) is 228 Å². The van der Waals surface area contributed by atoms with Crippen LogP contribution in [-0.4, -0.2) is 113 Å². The molecule has 0 radical (unpaired) electrons. The number of rotatable bonds is 9. The number of benzene rings is 6. The van der Waals surface area contributed by atoms with E-state index in [2.05, 4.69) is 0 Å². The molecule has 2 N–H and O–H groups in total. The van der Waals surface area contributed by atoms with Crippen LogP contribution >= 0.6 is 34.6 Å². The number of nitrogens with zero attached hydrogens (tertiary/aromatic N) is 6. The summed E-state index contributed by atoms with van der Waals surface area (Å²) in [5.74, 6) is -0.280. The minimum Gasteiger partial charge on any atom is -0.506 e. The first-order valence-electron chi connectivity index (χ1n) is 25.6. The maximum atomic E-state index is 13.1. The molecule has 79 heavy (non-hydrogen) atoms. The number of piperidine rings is 2. The first kappa shape index (κ1) is 56.0. The second kappa shape index (κ2) is 23.4. The van der Waals surface area contributed by atoms with Gasteiger partial charge in [-0.3, -0.25) is 14.4 Å². The highest BCUT2D eigenvalue weighted by Gasteiger charge is 2.30. The molecule has 3 saturated heterocycles. The van der Waals surface area contributed by atoms with E-state index in [1.807, 2.05) is 42.5 Å². The molecule has 6 heterocycles. The molecule has 9 aromatic rings. The van der Waals surface area contributed by atoms with Crippen molar-refractivity contribution >= 4 is 94.9 Å². The maximum absolute atomic E-state index is 13.1. The van der Waals surface area contributed by atoms with Gasteiger partial charge >= 0.3 is 0 Å². The van der Waals surface area contributed by atoms with Gasteiger partial charge in [0.1, 0.15) is 22.9 Å². The maximum Gasteiger partial charge on any atom is 0.273 e. The summed E-state index contributed by atoms with van der Waals surface area (Å²) in [6.45, 7) is 5.47. The lowest BCUT2D eigenvalue weighted by Crippen LogP contribution is -2.36. The molecular weight excluding hydrogens is 1130 g/mol. The van der Waals surface area contributed by atoms with Crippen molar-refractivity contribution in [3.8, 4) is 28.6 Å². The van der Waals surface area contributed by atoms with Gasteiger partial charge in [0.05, 0.1) is 57.2 Å². The normalized spacial score (nSPS) is 16.3. The first-order valence-corrected chi connectivity index (χ1v) is 32.3.